The van der Waals surface area contributed by atoms with E-state index in [1.165, 1.54) is 16.9 Å². The summed E-state index contributed by atoms with van der Waals surface area (Å²) in [5.41, 5.74) is 0.307. The van der Waals surface area contributed by atoms with Crippen LogP contribution in [0.2, 0.25) is 15.1 Å². The summed E-state index contributed by atoms with van der Waals surface area (Å²) in [6.07, 6.45) is 4.70. The molecular formula is C13H7Cl3N4O. The summed E-state index contributed by atoms with van der Waals surface area (Å²) in [5, 5.41) is 8.88. The fourth-order valence-corrected chi connectivity index (χ4v) is 2.52. The average molecular weight is 342 g/mol. The van der Waals surface area contributed by atoms with Crippen LogP contribution in [0.3, 0.4) is 0 Å². The zero-order chi connectivity index (χ0) is 15.0. The number of benzene rings is 1. The van der Waals surface area contributed by atoms with Crippen LogP contribution in [0.25, 0.3) is 11.4 Å². The minimum Gasteiger partial charge on any atom is -0.266 e. The quantitative estimate of drug-likeness (QED) is 0.718. The summed E-state index contributed by atoms with van der Waals surface area (Å²) in [7, 11) is 0. The Morgan fingerprint density at radius 3 is 2.52 bits per heavy atom. The van der Waals surface area contributed by atoms with Crippen LogP contribution in [0.1, 0.15) is 0 Å². The second-order valence-electron chi connectivity index (χ2n) is 4.11. The largest absolute Gasteiger partial charge is 0.292 e. The first-order chi connectivity index (χ1) is 10.1. The van der Waals surface area contributed by atoms with Crippen LogP contribution in [0.4, 0.5) is 0 Å². The van der Waals surface area contributed by atoms with Gasteiger partial charge in [-0.15, -0.1) is 0 Å². The summed E-state index contributed by atoms with van der Waals surface area (Å²) in [5.74, 6) is 0. The third kappa shape index (κ3) is 2.55. The first kappa shape index (κ1) is 14.1. The van der Waals surface area contributed by atoms with Gasteiger partial charge in [0.1, 0.15) is 10.7 Å². The van der Waals surface area contributed by atoms with E-state index in [2.05, 4.69) is 10.2 Å². The maximum atomic E-state index is 12.4. The van der Waals surface area contributed by atoms with Crippen LogP contribution in [0.15, 0.2) is 47.7 Å². The van der Waals surface area contributed by atoms with Crippen molar-refractivity contribution >= 4 is 34.8 Å². The zero-order valence-electron chi connectivity index (χ0n) is 10.4. The number of rotatable bonds is 2. The van der Waals surface area contributed by atoms with E-state index in [9.17, 15) is 4.79 Å². The van der Waals surface area contributed by atoms with E-state index in [1.54, 1.807) is 30.6 Å². The third-order valence-electron chi connectivity index (χ3n) is 2.79. The van der Waals surface area contributed by atoms with Crippen LogP contribution in [-0.2, 0) is 0 Å². The molecule has 0 radical (unpaired) electrons. The standard InChI is InChI=1S/C13H7Cl3N4O/c14-8-2-3-10(9(15)6-8)20-13(21)12(16)11(7-18-20)19-5-1-4-17-19/h1-7H. The van der Waals surface area contributed by atoms with Gasteiger partial charge in [0.05, 0.1) is 16.9 Å². The molecule has 0 atom stereocenters. The molecule has 0 aliphatic heterocycles. The highest BCUT2D eigenvalue weighted by Gasteiger charge is 2.14. The first-order valence-electron chi connectivity index (χ1n) is 5.81. The summed E-state index contributed by atoms with van der Waals surface area (Å²) in [6, 6.07) is 6.47. The van der Waals surface area contributed by atoms with Gasteiger partial charge in [0.25, 0.3) is 5.56 Å². The average Bonchev–Trinajstić information content (AvgIpc) is 2.96. The zero-order valence-corrected chi connectivity index (χ0v) is 12.6. The van der Waals surface area contributed by atoms with E-state index in [0.29, 0.717) is 21.4 Å². The molecule has 0 fully saturated rings. The molecule has 106 valence electrons. The van der Waals surface area contributed by atoms with Crippen LogP contribution in [0.5, 0.6) is 0 Å². The molecule has 8 heteroatoms. The molecule has 0 bridgehead atoms. The van der Waals surface area contributed by atoms with Crippen molar-refractivity contribution in [1.29, 1.82) is 0 Å². The molecule has 0 amide bonds. The Morgan fingerprint density at radius 2 is 1.86 bits per heavy atom. The second-order valence-corrected chi connectivity index (χ2v) is 5.33. The van der Waals surface area contributed by atoms with Gasteiger partial charge < -0.3 is 0 Å². The van der Waals surface area contributed by atoms with Crippen molar-refractivity contribution in [3.05, 3.63) is 68.3 Å². The van der Waals surface area contributed by atoms with Gasteiger partial charge in [0.15, 0.2) is 0 Å². The van der Waals surface area contributed by atoms with Gasteiger partial charge in [-0.1, -0.05) is 34.8 Å². The van der Waals surface area contributed by atoms with Crippen LogP contribution in [0, 0.1) is 0 Å². The van der Waals surface area contributed by atoms with Crippen molar-refractivity contribution in [2.75, 3.05) is 0 Å². The predicted molar refractivity (Wildman–Crippen MR) is 82.0 cm³/mol. The Balaban J connectivity index is 2.18. The van der Waals surface area contributed by atoms with E-state index in [-0.39, 0.29) is 5.02 Å². The molecule has 3 rings (SSSR count). The van der Waals surface area contributed by atoms with E-state index >= 15 is 0 Å². The molecule has 0 aliphatic rings. The van der Waals surface area contributed by atoms with Crippen LogP contribution in [-0.4, -0.2) is 19.6 Å². The molecule has 0 N–H and O–H groups in total. The van der Waals surface area contributed by atoms with Gasteiger partial charge >= 0.3 is 0 Å². The Morgan fingerprint density at radius 1 is 1.05 bits per heavy atom. The molecule has 0 saturated carbocycles. The lowest BCUT2D eigenvalue weighted by Gasteiger charge is -2.09. The maximum absolute atomic E-state index is 12.4. The highest BCUT2D eigenvalue weighted by Crippen LogP contribution is 2.24. The molecule has 0 saturated heterocycles. The lowest BCUT2D eigenvalue weighted by molar-refractivity contribution is 0.779. The van der Waals surface area contributed by atoms with Crippen LogP contribution < -0.4 is 5.56 Å². The Kier molecular flexibility index (Phi) is 3.71. The van der Waals surface area contributed by atoms with Crippen molar-refractivity contribution in [2.24, 2.45) is 0 Å². The lowest BCUT2D eigenvalue weighted by Crippen LogP contribution is -2.23. The van der Waals surface area contributed by atoms with Crippen molar-refractivity contribution in [3.63, 3.8) is 0 Å². The van der Waals surface area contributed by atoms with E-state index in [0.717, 1.165) is 4.68 Å². The molecule has 0 aliphatic carbocycles. The Bertz CT molecular complexity index is 858. The third-order valence-corrected chi connectivity index (χ3v) is 3.68. The monoisotopic (exact) mass is 340 g/mol. The van der Waals surface area contributed by atoms with Gasteiger partial charge in [0, 0.05) is 17.4 Å². The van der Waals surface area contributed by atoms with Crippen LogP contribution >= 0.6 is 34.8 Å². The number of hydrogen-bond acceptors (Lipinski definition) is 3. The highest BCUT2D eigenvalue weighted by molar-refractivity contribution is 6.35. The predicted octanol–water partition coefficient (Wildman–Crippen LogP) is 3.38. The van der Waals surface area contributed by atoms with Gasteiger partial charge in [-0.3, -0.25) is 4.79 Å². The molecular weight excluding hydrogens is 335 g/mol. The van der Waals surface area contributed by atoms with Gasteiger partial charge in [-0.05, 0) is 24.3 Å². The topological polar surface area (TPSA) is 52.7 Å². The van der Waals surface area contributed by atoms with E-state index in [4.69, 9.17) is 34.8 Å². The molecule has 0 spiro atoms. The molecule has 0 unspecified atom stereocenters. The normalized spacial score (nSPS) is 10.8. The number of hydrogen-bond donors (Lipinski definition) is 0. The van der Waals surface area contributed by atoms with Gasteiger partial charge in [-0.25, -0.2) is 4.68 Å². The fraction of sp³-hybridized carbons (Fsp3) is 0. The fourth-order valence-electron chi connectivity index (χ4n) is 1.82. The first-order valence-corrected chi connectivity index (χ1v) is 6.94. The molecule has 21 heavy (non-hydrogen) atoms. The molecule has 3 aromatic rings. The number of halogens is 3. The van der Waals surface area contributed by atoms with E-state index < -0.39 is 5.56 Å². The molecule has 1 aromatic carbocycles. The minimum absolute atomic E-state index is 0.000262. The Hall–Kier alpha value is -1.82. The van der Waals surface area contributed by atoms with Gasteiger partial charge in [0.2, 0.25) is 0 Å². The van der Waals surface area contributed by atoms with Crippen molar-refractivity contribution in [3.8, 4) is 11.4 Å². The molecule has 5 nitrogen and oxygen atoms in total. The smallest absolute Gasteiger partial charge is 0.266 e. The number of nitrogens with zero attached hydrogens (tertiary/aromatic N) is 4. The van der Waals surface area contributed by atoms with E-state index in [1.807, 2.05) is 0 Å². The number of aromatic nitrogens is 4. The summed E-state index contributed by atoms with van der Waals surface area (Å²) < 4.78 is 2.58. The Labute approximate surface area is 134 Å². The molecule has 2 heterocycles. The second kappa shape index (κ2) is 5.52. The molecule has 2 aromatic heterocycles. The maximum Gasteiger partial charge on any atom is 0.292 e. The van der Waals surface area contributed by atoms with Crippen molar-refractivity contribution in [1.82, 2.24) is 19.6 Å². The SMILES string of the molecule is O=c1c(Cl)c(-n2cccn2)cnn1-c1ccc(Cl)cc1Cl. The van der Waals surface area contributed by atoms with Gasteiger partial charge in [-0.2, -0.15) is 14.9 Å². The highest BCUT2D eigenvalue weighted by atomic mass is 35.5. The van der Waals surface area contributed by atoms with Crippen molar-refractivity contribution < 1.29 is 0 Å². The summed E-state index contributed by atoms with van der Waals surface area (Å²) >= 11 is 18.0. The minimum atomic E-state index is -0.492. The lowest BCUT2D eigenvalue weighted by atomic mass is 10.3. The van der Waals surface area contributed by atoms with Crippen molar-refractivity contribution in [2.45, 2.75) is 0 Å². The summed E-state index contributed by atoms with van der Waals surface area (Å²) in [6.45, 7) is 0. The summed E-state index contributed by atoms with van der Waals surface area (Å²) in [4.78, 5) is 12.4.